The molecule has 0 fully saturated rings. The van der Waals surface area contributed by atoms with Gasteiger partial charge in [-0.05, 0) is 44.6 Å². The molecule has 0 bridgehead atoms. The van der Waals surface area contributed by atoms with Gasteiger partial charge in [-0.15, -0.1) is 0 Å². The Balaban J connectivity index is 5.51. The Morgan fingerprint density at radius 2 is 1.28 bits per heavy atom. The molecule has 0 aliphatic carbocycles. The lowest BCUT2D eigenvalue weighted by atomic mass is 10.0. The molecule has 0 aromatic rings. The number of rotatable bonds is 19. The average molecular weight is 517 g/mol. The number of carboxylic acid groups (broad SMARTS) is 2. The van der Waals surface area contributed by atoms with Crippen LogP contribution < -0.4 is 33.2 Å². The zero-order valence-corrected chi connectivity index (χ0v) is 20.8. The average Bonchev–Trinajstić information content (AvgIpc) is 2.77. The molecule has 11 N–H and O–H groups in total. The zero-order chi connectivity index (χ0) is 27.8. The Kier molecular flexibility index (Phi) is 15.7. The first kappa shape index (κ1) is 32.7. The minimum absolute atomic E-state index is 0.0991. The second-order valence-corrected chi connectivity index (χ2v) is 8.98. The Labute approximate surface area is 210 Å². The van der Waals surface area contributed by atoms with Crippen LogP contribution in [-0.2, 0) is 28.8 Å². The predicted octanol–water partition coefficient (Wildman–Crippen LogP) is -1.84. The summed E-state index contributed by atoms with van der Waals surface area (Å²) in [4.78, 5) is 71.8. The molecular formula is C22H40N6O8. The maximum absolute atomic E-state index is 13.0. The van der Waals surface area contributed by atoms with Gasteiger partial charge in [0.05, 0.1) is 6.04 Å². The summed E-state index contributed by atoms with van der Waals surface area (Å²) in [7, 11) is 0. The first-order chi connectivity index (χ1) is 16.8. The Bertz CT molecular complexity index is 776. The van der Waals surface area contributed by atoms with Crippen LogP contribution in [0.15, 0.2) is 0 Å². The molecule has 0 radical (unpaired) electrons. The van der Waals surface area contributed by atoms with Crippen molar-refractivity contribution >= 4 is 35.6 Å². The number of unbranched alkanes of at least 4 members (excludes halogenated alkanes) is 1. The molecule has 4 amide bonds. The molecule has 14 heteroatoms. The molecule has 0 spiro atoms. The van der Waals surface area contributed by atoms with Gasteiger partial charge in [-0.3, -0.25) is 24.0 Å². The minimum atomic E-state index is -1.41. The van der Waals surface area contributed by atoms with Crippen molar-refractivity contribution in [2.24, 2.45) is 23.1 Å². The number of primary amides is 1. The van der Waals surface area contributed by atoms with Crippen molar-refractivity contribution in [3.05, 3.63) is 0 Å². The summed E-state index contributed by atoms with van der Waals surface area (Å²) in [6.07, 6.45) is 0.492. The monoisotopic (exact) mass is 516 g/mol. The van der Waals surface area contributed by atoms with E-state index in [0.29, 0.717) is 25.8 Å². The number of hydrogen-bond donors (Lipinski definition) is 8. The zero-order valence-electron chi connectivity index (χ0n) is 20.8. The second kappa shape index (κ2) is 17.2. The third-order valence-electron chi connectivity index (χ3n) is 5.22. The summed E-state index contributed by atoms with van der Waals surface area (Å²) in [6, 6.07) is -4.82. The minimum Gasteiger partial charge on any atom is -0.481 e. The quantitative estimate of drug-likeness (QED) is 0.0889. The maximum Gasteiger partial charge on any atom is 0.326 e. The predicted molar refractivity (Wildman–Crippen MR) is 129 cm³/mol. The molecule has 0 heterocycles. The maximum atomic E-state index is 13.0. The van der Waals surface area contributed by atoms with Crippen molar-refractivity contribution in [3.63, 3.8) is 0 Å². The van der Waals surface area contributed by atoms with E-state index in [1.54, 1.807) is 13.8 Å². The molecule has 0 saturated heterocycles. The highest BCUT2D eigenvalue weighted by atomic mass is 16.4. The second-order valence-electron chi connectivity index (χ2n) is 8.98. The van der Waals surface area contributed by atoms with Crippen molar-refractivity contribution < 1.29 is 39.0 Å². The largest absolute Gasteiger partial charge is 0.481 e. The lowest BCUT2D eigenvalue weighted by molar-refractivity contribution is -0.142. The SMILES string of the molecule is CC(C)CC(NC(=O)C(CCC(=O)O)NC(=O)C(N)CCCCN)C(=O)NC(CCC(N)=O)C(=O)O. The molecule has 4 atom stereocenters. The van der Waals surface area contributed by atoms with Gasteiger partial charge >= 0.3 is 11.9 Å². The molecule has 14 nitrogen and oxygen atoms in total. The van der Waals surface area contributed by atoms with Crippen molar-refractivity contribution in [3.8, 4) is 0 Å². The van der Waals surface area contributed by atoms with Gasteiger partial charge < -0.3 is 43.4 Å². The van der Waals surface area contributed by atoms with Crippen molar-refractivity contribution in [1.29, 1.82) is 0 Å². The lowest BCUT2D eigenvalue weighted by Crippen LogP contribution is -2.57. The fourth-order valence-corrected chi connectivity index (χ4v) is 3.25. The first-order valence-corrected chi connectivity index (χ1v) is 11.9. The van der Waals surface area contributed by atoms with Gasteiger partial charge in [0.2, 0.25) is 23.6 Å². The number of amides is 4. The van der Waals surface area contributed by atoms with Gasteiger partial charge in [-0.1, -0.05) is 20.3 Å². The third kappa shape index (κ3) is 14.2. The summed E-state index contributed by atoms with van der Waals surface area (Å²) < 4.78 is 0. The van der Waals surface area contributed by atoms with Gasteiger partial charge in [0, 0.05) is 12.8 Å². The molecule has 0 saturated carbocycles. The van der Waals surface area contributed by atoms with Crippen LogP contribution in [0.2, 0.25) is 0 Å². The van der Waals surface area contributed by atoms with E-state index < -0.39 is 66.2 Å². The van der Waals surface area contributed by atoms with E-state index in [1.165, 1.54) is 0 Å². The first-order valence-electron chi connectivity index (χ1n) is 11.9. The lowest BCUT2D eigenvalue weighted by Gasteiger charge is -2.26. The molecule has 0 rings (SSSR count). The number of hydrogen-bond acceptors (Lipinski definition) is 8. The number of nitrogens with one attached hydrogen (secondary N) is 3. The molecule has 0 aromatic heterocycles. The molecule has 0 aliphatic rings. The fraction of sp³-hybridized carbons (Fsp3) is 0.727. The number of nitrogens with two attached hydrogens (primary N) is 3. The van der Waals surface area contributed by atoms with Crippen LogP contribution in [0.5, 0.6) is 0 Å². The molecule has 0 aliphatic heterocycles. The van der Waals surface area contributed by atoms with E-state index in [-0.39, 0.29) is 31.6 Å². The Hall–Kier alpha value is -3.26. The van der Waals surface area contributed by atoms with Crippen LogP contribution in [0.3, 0.4) is 0 Å². The van der Waals surface area contributed by atoms with E-state index in [2.05, 4.69) is 16.0 Å². The molecule has 4 unspecified atom stereocenters. The highest BCUT2D eigenvalue weighted by molar-refractivity contribution is 5.94. The fourth-order valence-electron chi connectivity index (χ4n) is 3.25. The van der Waals surface area contributed by atoms with Crippen molar-refractivity contribution in [2.75, 3.05) is 6.54 Å². The van der Waals surface area contributed by atoms with Crippen molar-refractivity contribution in [1.82, 2.24) is 16.0 Å². The van der Waals surface area contributed by atoms with E-state index in [4.69, 9.17) is 22.3 Å². The van der Waals surface area contributed by atoms with Gasteiger partial charge in [0.15, 0.2) is 0 Å². The van der Waals surface area contributed by atoms with E-state index in [1.807, 2.05) is 0 Å². The highest BCUT2D eigenvalue weighted by Crippen LogP contribution is 2.09. The van der Waals surface area contributed by atoms with E-state index in [0.717, 1.165) is 0 Å². The van der Waals surface area contributed by atoms with Crippen molar-refractivity contribution in [2.45, 2.75) is 89.4 Å². The number of carbonyl (C=O) groups is 6. The number of aliphatic carboxylic acids is 2. The molecular weight excluding hydrogens is 476 g/mol. The van der Waals surface area contributed by atoms with Crippen LogP contribution in [0.4, 0.5) is 0 Å². The Morgan fingerprint density at radius 1 is 0.750 bits per heavy atom. The standard InChI is InChI=1S/C22H40N6O8/c1-12(2)11-16(21(34)27-15(22(35)36)6-8-17(25)29)28-20(33)14(7-9-18(30)31)26-19(32)13(24)5-3-4-10-23/h12-16H,3-11,23-24H2,1-2H3,(H2,25,29)(H,26,32)(H,27,34)(H,28,33)(H,30,31)(H,35,36). The normalized spacial score (nSPS) is 14.2. The molecule has 0 aromatic carbocycles. The third-order valence-corrected chi connectivity index (χ3v) is 5.22. The Morgan fingerprint density at radius 3 is 1.78 bits per heavy atom. The van der Waals surface area contributed by atoms with Crippen LogP contribution in [0.1, 0.15) is 65.2 Å². The van der Waals surface area contributed by atoms with E-state index >= 15 is 0 Å². The summed E-state index contributed by atoms with van der Waals surface area (Å²) in [6.45, 7) is 3.99. The van der Waals surface area contributed by atoms with E-state index in [9.17, 15) is 33.9 Å². The molecule has 36 heavy (non-hydrogen) atoms. The smallest absolute Gasteiger partial charge is 0.326 e. The summed E-state index contributed by atoms with van der Waals surface area (Å²) in [5.74, 6) is -5.68. The number of carboxylic acids is 2. The summed E-state index contributed by atoms with van der Waals surface area (Å²) in [5, 5.41) is 25.6. The summed E-state index contributed by atoms with van der Waals surface area (Å²) >= 11 is 0. The summed E-state index contributed by atoms with van der Waals surface area (Å²) in [5.41, 5.74) is 16.3. The molecule has 206 valence electrons. The van der Waals surface area contributed by atoms with Gasteiger partial charge in [0.25, 0.3) is 0 Å². The number of carbonyl (C=O) groups excluding carboxylic acids is 4. The van der Waals surface area contributed by atoms with Gasteiger partial charge in [-0.25, -0.2) is 4.79 Å². The van der Waals surface area contributed by atoms with Gasteiger partial charge in [-0.2, -0.15) is 0 Å². The van der Waals surface area contributed by atoms with Gasteiger partial charge in [0.1, 0.15) is 18.1 Å². The van der Waals surface area contributed by atoms with Crippen LogP contribution in [0.25, 0.3) is 0 Å². The highest BCUT2D eigenvalue weighted by Gasteiger charge is 2.31. The topological polar surface area (TPSA) is 257 Å². The van der Waals surface area contributed by atoms with Crippen LogP contribution >= 0.6 is 0 Å². The van der Waals surface area contributed by atoms with Crippen LogP contribution in [0, 0.1) is 5.92 Å². The van der Waals surface area contributed by atoms with Crippen LogP contribution in [-0.4, -0.2) is 76.5 Å².